The zero-order valence-electron chi connectivity index (χ0n) is 12.9. The highest BCUT2D eigenvalue weighted by Gasteiger charge is 2.26. The van der Waals surface area contributed by atoms with Crippen LogP contribution in [0.1, 0.15) is 17.5 Å². The highest BCUT2D eigenvalue weighted by Crippen LogP contribution is 2.21. The molecule has 1 aliphatic rings. The van der Waals surface area contributed by atoms with E-state index in [0.29, 0.717) is 25.4 Å². The Morgan fingerprint density at radius 1 is 1.45 bits per heavy atom. The van der Waals surface area contributed by atoms with E-state index in [9.17, 15) is 9.59 Å². The van der Waals surface area contributed by atoms with E-state index in [1.54, 1.807) is 12.0 Å². The standard InChI is InChI=1S/C16H21NO5/c1-11-3-4-14(21-2)12(7-11)8-15(18)17-5-6-22-13(10-17)9-16(19)20/h3-4,7,13H,5-6,8-10H2,1-2H3,(H,19,20). The maximum Gasteiger partial charge on any atom is 0.306 e. The van der Waals surface area contributed by atoms with E-state index in [0.717, 1.165) is 11.1 Å². The Hall–Kier alpha value is -2.08. The molecule has 22 heavy (non-hydrogen) atoms. The predicted molar refractivity (Wildman–Crippen MR) is 80.0 cm³/mol. The Balaban J connectivity index is 2.02. The minimum atomic E-state index is -0.917. The van der Waals surface area contributed by atoms with Crippen molar-refractivity contribution < 1.29 is 24.2 Å². The molecule has 0 aromatic heterocycles. The molecule has 1 unspecified atom stereocenters. The van der Waals surface area contributed by atoms with E-state index < -0.39 is 12.1 Å². The average molecular weight is 307 g/mol. The number of nitrogens with zero attached hydrogens (tertiary/aromatic N) is 1. The summed E-state index contributed by atoms with van der Waals surface area (Å²) >= 11 is 0. The van der Waals surface area contributed by atoms with Gasteiger partial charge in [-0.1, -0.05) is 17.7 Å². The molecule has 0 saturated carbocycles. The van der Waals surface area contributed by atoms with E-state index in [2.05, 4.69) is 0 Å². The maximum absolute atomic E-state index is 12.4. The number of carbonyl (C=O) groups is 2. The Morgan fingerprint density at radius 3 is 2.91 bits per heavy atom. The summed E-state index contributed by atoms with van der Waals surface area (Å²) in [6, 6.07) is 5.72. The summed E-state index contributed by atoms with van der Waals surface area (Å²) in [5.74, 6) is -0.267. The van der Waals surface area contributed by atoms with Crippen LogP contribution >= 0.6 is 0 Å². The van der Waals surface area contributed by atoms with E-state index in [-0.39, 0.29) is 18.7 Å². The van der Waals surface area contributed by atoms with Gasteiger partial charge in [0.25, 0.3) is 0 Å². The summed E-state index contributed by atoms with van der Waals surface area (Å²) in [4.78, 5) is 24.9. The van der Waals surface area contributed by atoms with Gasteiger partial charge in [-0.25, -0.2) is 0 Å². The summed E-state index contributed by atoms with van der Waals surface area (Å²) in [5.41, 5.74) is 1.91. The molecular weight excluding hydrogens is 286 g/mol. The smallest absolute Gasteiger partial charge is 0.306 e. The first kappa shape index (κ1) is 16.3. The molecule has 2 rings (SSSR count). The first-order valence-electron chi connectivity index (χ1n) is 7.24. The van der Waals surface area contributed by atoms with Crippen LogP contribution < -0.4 is 4.74 Å². The van der Waals surface area contributed by atoms with Gasteiger partial charge in [-0.15, -0.1) is 0 Å². The third-order valence-electron chi connectivity index (χ3n) is 3.67. The van der Waals surface area contributed by atoms with Gasteiger partial charge in [0, 0.05) is 18.7 Å². The van der Waals surface area contributed by atoms with Crippen molar-refractivity contribution in [2.24, 2.45) is 0 Å². The molecule has 1 N–H and O–H groups in total. The Morgan fingerprint density at radius 2 is 2.23 bits per heavy atom. The van der Waals surface area contributed by atoms with E-state index in [1.165, 1.54) is 0 Å². The second kappa shape index (κ2) is 7.26. The zero-order chi connectivity index (χ0) is 16.1. The first-order valence-corrected chi connectivity index (χ1v) is 7.24. The van der Waals surface area contributed by atoms with Crippen molar-refractivity contribution in [2.45, 2.75) is 25.9 Å². The van der Waals surface area contributed by atoms with Crippen molar-refractivity contribution in [1.29, 1.82) is 0 Å². The third kappa shape index (κ3) is 4.21. The fourth-order valence-electron chi connectivity index (χ4n) is 2.58. The molecule has 1 amide bonds. The number of carboxylic acid groups (broad SMARTS) is 1. The number of methoxy groups -OCH3 is 1. The number of hydrogen-bond acceptors (Lipinski definition) is 4. The van der Waals surface area contributed by atoms with Gasteiger partial charge in [0.05, 0.1) is 32.7 Å². The molecule has 1 aliphatic heterocycles. The number of benzene rings is 1. The molecule has 1 fully saturated rings. The van der Waals surface area contributed by atoms with E-state index in [1.807, 2.05) is 25.1 Å². The van der Waals surface area contributed by atoms with Gasteiger partial charge in [0.2, 0.25) is 5.91 Å². The summed E-state index contributed by atoms with van der Waals surface area (Å²) in [6.07, 6.45) is -0.281. The number of aryl methyl sites for hydroxylation is 1. The normalized spacial score (nSPS) is 18.1. The van der Waals surface area contributed by atoms with Gasteiger partial charge in [0.15, 0.2) is 0 Å². The van der Waals surface area contributed by atoms with Gasteiger partial charge in [0.1, 0.15) is 5.75 Å². The summed E-state index contributed by atoms with van der Waals surface area (Å²) < 4.78 is 10.7. The molecule has 1 aromatic rings. The number of amides is 1. The van der Waals surface area contributed by atoms with Crippen molar-refractivity contribution in [3.8, 4) is 5.75 Å². The van der Waals surface area contributed by atoms with Crippen LogP contribution in [0.2, 0.25) is 0 Å². The largest absolute Gasteiger partial charge is 0.496 e. The quantitative estimate of drug-likeness (QED) is 0.886. The summed E-state index contributed by atoms with van der Waals surface area (Å²) in [6.45, 7) is 3.14. The molecule has 0 spiro atoms. The number of morpholine rings is 1. The van der Waals surface area contributed by atoms with Gasteiger partial charge in [-0.05, 0) is 13.0 Å². The zero-order valence-corrected chi connectivity index (χ0v) is 12.9. The number of hydrogen-bond donors (Lipinski definition) is 1. The Bertz CT molecular complexity index is 557. The second-order valence-corrected chi connectivity index (χ2v) is 5.42. The molecule has 1 atom stereocenters. The topological polar surface area (TPSA) is 76.1 Å². The monoisotopic (exact) mass is 307 g/mol. The average Bonchev–Trinajstić information content (AvgIpc) is 2.47. The third-order valence-corrected chi connectivity index (χ3v) is 3.67. The lowest BCUT2D eigenvalue weighted by Crippen LogP contribution is -2.46. The summed E-state index contributed by atoms with van der Waals surface area (Å²) in [7, 11) is 1.58. The highest BCUT2D eigenvalue weighted by atomic mass is 16.5. The van der Waals surface area contributed by atoms with Crippen LogP contribution in [0.5, 0.6) is 5.75 Å². The van der Waals surface area contributed by atoms with E-state index >= 15 is 0 Å². The Labute approximate surface area is 129 Å². The van der Waals surface area contributed by atoms with Crippen molar-refractivity contribution in [2.75, 3.05) is 26.8 Å². The molecule has 1 heterocycles. The van der Waals surface area contributed by atoms with Crippen molar-refractivity contribution >= 4 is 11.9 Å². The van der Waals surface area contributed by atoms with Crippen molar-refractivity contribution in [1.82, 2.24) is 4.90 Å². The minimum Gasteiger partial charge on any atom is -0.496 e. The molecular formula is C16H21NO5. The summed E-state index contributed by atoms with van der Waals surface area (Å²) in [5, 5.41) is 8.82. The fourth-order valence-corrected chi connectivity index (χ4v) is 2.58. The molecule has 120 valence electrons. The van der Waals surface area contributed by atoms with Crippen LogP contribution in [0.25, 0.3) is 0 Å². The van der Waals surface area contributed by atoms with E-state index in [4.69, 9.17) is 14.6 Å². The molecule has 1 aromatic carbocycles. The molecule has 6 nitrogen and oxygen atoms in total. The Kier molecular flexibility index (Phi) is 5.38. The fraction of sp³-hybridized carbons (Fsp3) is 0.500. The number of carboxylic acids is 1. The van der Waals surface area contributed by atoms with Crippen molar-refractivity contribution in [3.05, 3.63) is 29.3 Å². The molecule has 0 bridgehead atoms. The number of ether oxygens (including phenoxy) is 2. The highest BCUT2D eigenvalue weighted by molar-refractivity contribution is 5.80. The van der Waals surface area contributed by atoms with Crippen molar-refractivity contribution in [3.63, 3.8) is 0 Å². The van der Waals surface area contributed by atoms with Crippen LogP contribution in [0.15, 0.2) is 18.2 Å². The number of carbonyl (C=O) groups excluding carboxylic acids is 1. The first-order chi connectivity index (χ1) is 10.5. The van der Waals surface area contributed by atoms with Crippen LogP contribution in [-0.2, 0) is 20.7 Å². The molecule has 6 heteroatoms. The van der Waals surface area contributed by atoms with Crippen LogP contribution in [0, 0.1) is 6.92 Å². The lowest BCUT2D eigenvalue weighted by Gasteiger charge is -2.32. The number of rotatable bonds is 5. The van der Waals surface area contributed by atoms with Gasteiger partial charge in [-0.3, -0.25) is 9.59 Å². The van der Waals surface area contributed by atoms with Crippen LogP contribution in [0.3, 0.4) is 0 Å². The predicted octanol–water partition coefficient (Wildman–Crippen LogP) is 1.25. The lowest BCUT2D eigenvalue weighted by molar-refractivity contribution is -0.147. The van der Waals surface area contributed by atoms with Gasteiger partial charge >= 0.3 is 5.97 Å². The minimum absolute atomic E-state index is 0.0393. The maximum atomic E-state index is 12.4. The number of aliphatic carboxylic acids is 1. The lowest BCUT2D eigenvalue weighted by atomic mass is 10.1. The van der Waals surface area contributed by atoms with Gasteiger partial charge < -0.3 is 19.5 Å². The van der Waals surface area contributed by atoms with Gasteiger partial charge in [-0.2, -0.15) is 0 Å². The molecule has 0 radical (unpaired) electrons. The van der Waals surface area contributed by atoms with Crippen LogP contribution in [0.4, 0.5) is 0 Å². The SMILES string of the molecule is COc1ccc(C)cc1CC(=O)N1CCOC(CC(=O)O)C1. The second-order valence-electron chi connectivity index (χ2n) is 5.42. The molecule has 0 aliphatic carbocycles. The molecule has 1 saturated heterocycles. The van der Waals surface area contributed by atoms with Crippen LogP contribution in [-0.4, -0.2) is 54.8 Å².